The number of hydrogen-bond donors (Lipinski definition) is 18. The maximum atomic E-state index is 15.4. The molecule has 7 rings (SSSR count). The van der Waals surface area contributed by atoms with Crippen LogP contribution in [0.15, 0.2) is 109 Å². The summed E-state index contributed by atoms with van der Waals surface area (Å²) in [6, 6.07) is 6.74. The highest BCUT2D eigenvalue weighted by atomic mass is 32.2. The zero-order chi connectivity index (χ0) is 96.2. The van der Waals surface area contributed by atoms with Gasteiger partial charge in [0, 0.05) is 77.3 Å². The van der Waals surface area contributed by atoms with E-state index in [1.807, 2.05) is 31.2 Å². The first-order chi connectivity index (χ1) is 62.2. The van der Waals surface area contributed by atoms with Gasteiger partial charge in [0.2, 0.25) is 82.7 Å². The predicted octanol–water partition coefficient (Wildman–Crippen LogP) is 1.66. The van der Waals surface area contributed by atoms with Crippen molar-refractivity contribution >= 4 is 112 Å². The summed E-state index contributed by atoms with van der Waals surface area (Å²) in [5, 5.41) is 69.7. The molecular weight excluding hydrogens is 1720 g/mol. The number of nitrogens with one attached hydrogen (secondary N) is 11. The van der Waals surface area contributed by atoms with Crippen LogP contribution in [0.4, 0.5) is 9.18 Å². The SMILES string of the molecule is CCCC[C@H]1C(=O)NC(C)(C)C(=O)N[C@@H](CC2Cc3ccccc3C2)C(=O)N[C@@H](Cc2ccc(F)cc2)C(=O)N(C)CC(=O)N[C@@H](Cc2ccc(O)cc2)C(=O)N[C@@H](Cc2ccc(O)cc2)C(=O)N[C@@H](CCCNC(N)=O)C(=O)N[C@H](CCCCN)C(=O)N[C@@H](CC2CCCCC2)C(=O)N[C@H](C(=O)N/C=C(\CCC(=O)O)C(N)=O)CSCC(=O)N(C)[C@@H](CCC(=O)O)C(=O)N1C. The minimum Gasteiger partial charge on any atom is -0.508 e. The van der Waals surface area contributed by atoms with Crippen molar-refractivity contribution in [2.24, 2.45) is 29.0 Å². The summed E-state index contributed by atoms with van der Waals surface area (Å²) in [7, 11) is 3.70. The summed E-state index contributed by atoms with van der Waals surface area (Å²) in [4.78, 5) is 248. The molecule has 4 aromatic carbocycles. The Morgan fingerprint density at radius 3 is 1.58 bits per heavy atom. The van der Waals surface area contributed by atoms with Gasteiger partial charge in [0.1, 0.15) is 83.3 Å². The van der Waals surface area contributed by atoms with Crippen LogP contribution >= 0.6 is 11.8 Å². The molecule has 1 heterocycles. The molecule has 4 aromatic rings. The van der Waals surface area contributed by atoms with E-state index in [0.717, 1.165) is 75.2 Å². The van der Waals surface area contributed by atoms with Crippen LogP contribution in [0.2, 0.25) is 0 Å². The maximum absolute atomic E-state index is 15.4. The van der Waals surface area contributed by atoms with Crippen LogP contribution < -0.4 is 75.7 Å². The number of rotatable bonds is 30. The van der Waals surface area contributed by atoms with E-state index in [0.29, 0.717) is 61.6 Å². The summed E-state index contributed by atoms with van der Waals surface area (Å²) in [5.41, 5.74) is 17.7. The van der Waals surface area contributed by atoms with Crippen molar-refractivity contribution in [3.63, 3.8) is 0 Å². The van der Waals surface area contributed by atoms with E-state index < -0.39 is 216 Å². The number of thioether (sulfide) groups is 1. The minimum atomic E-state index is -1.95. The number of benzene rings is 4. The van der Waals surface area contributed by atoms with Gasteiger partial charge in [0.05, 0.1) is 12.3 Å². The molecule has 16 amide bonds. The summed E-state index contributed by atoms with van der Waals surface area (Å²) in [5.74, 6) is -18.8. The van der Waals surface area contributed by atoms with E-state index in [1.165, 1.54) is 95.7 Å². The Bertz CT molecular complexity index is 4670. The molecule has 0 radical (unpaired) electrons. The number of carboxylic acid groups (broad SMARTS) is 2. The summed E-state index contributed by atoms with van der Waals surface area (Å²) >= 11 is 0.736. The van der Waals surface area contributed by atoms with E-state index in [2.05, 4.69) is 58.5 Å². The molecule has 1 saturated heterocycles. The first kappa shape index (κ1) is 105. The van der Waals surface area contributed by atoms with Crippen LogP contribution in [0, 0.1) is 17.7 Å². The number of fused-ring (bicyclic) bond motifs is 1. The van der Waals surface area contributed by atoms with E-state index in [1.54, 1.807) is 0 Å². The van der Waals surface area contributed by atoms with E-state index in [9.17, 15) is 58.4 Å². The van der Waals surface area contributed by atoms with Crippen LogP contribution in [0.3, 0.4) is 0 Å². The molecule has 2 fully saturated rings. The minimum absolute atomic E-state index is 0.0459. The number of nitrogens with two attached hydrogens (primary N) is 3. The standard InChI is InChI=1S/C91H126FN17O21S/c1-7-8-23-72-86(126)106-91(2,3)89(129)105-69(48-57-42-58-19-12-13-20-59(58)43-57)85(125)103-70(47-54-24-31-61(92)32-25-54)87(127)107(4)50-74(112)98-66(45-55-26-33-62(110)34-27-55)82(122)102-68(46-56-28-35-63(111)36-29-56)83(123)100-65(22-16-41-96-90(95)130)80(120)99-64(21-14-15-40-93)81(121)101-67(44-53-17-10-9-11-18-53)84(124)104-71(79(119)97-49-60(78(94)118)30-38-76(114)115)51-131-52-75(113)108(5)73(37-39-77(116)117)88(128)109(72)6/h12-13,19-20,24-29,31-36,49,53,57,64-73,110-111H,7-11,14-18,21-23,30,37-48,50-52,93H2,1-6H3,(H2,94,118)(H,97,119)(H,98,112)(H,99,120)(H,100,123)(H,101,121)(H,102,122)(H,103,125)(H,104,124)(H,105,129)(H,106,126)(H,114,115)(H,116,117)(H3,95,96,130)/b60-49+/t64-,65+,66+,67+,68+,69+,70+,71+,72+,73+/m1/s1. The number of carbonyl (C=O) groups is 17. The number of unbranched alkanes of at least 4 members (excludes halogenated alkanes) is 2. The molecule has 1 saturated carbocycles. The Labute approximate surface area is 764 Å². The van der Waals surface area contributed by atoms with Gasteiger partial charge in [-0.15, -0.1) is 11.8 Å². The number of urea groups is 1. The van der Waals surface area contributed by atoms with Crippen molar-refractivity contribution < 1.29 is 106 Å². The zero-order valence-corrected chi connectivity index (χ0v) is 75.7. The summed E-state index contributed by atoms with van der Waals surface area (Å²) in [6.07, 6.45) is 2.53. The van der Waals surface area contributed by atoms with Gasteiger partial charge >= 0.3 is 18.0 Å². The molecule has 40 heteroatoms. The van der Waals surface area contributed by atoms with Crippen molar-refractivity contribution in [1.82, 2.24) is 73.2 Å². The fraction of sp³-hybridized carbons (Fsp3) is 0.527. The van der Waals surface area contributed by atoms with Gasteiger partial charge in [-0.2, -0.15) is 0 Å². The normalized spacial score (nSPS) is 22.6. The number of phenolic OH excluding ortho intramolecular Hbond substituents is 2. The zero-order valence-electron chi connectivity index (χ0n) is 74.8. The van der Waals surface area contributed by atoms with E-state index in [4.69, 9.17) is 17.2 Å². The fourth-order valence-electron chi connectivity index (χ4n) is 15.9. The molecule has 0 aromatic heterocycles. The number of amides is 16. The molecule has 0 unspecified atom stereocenters. The van der Waals surface area contributed by atoms with Gasteiger partial charge in [-0.25, -0.2) is 9.18 Å². The highest BCUT2D eigenvalue weighted by Gasteiger charge is 2.43. The number of carbonyl (C=O) groups excluding carboxylic acids is 15. The van der Waals surface area contributed by atoms with Crippen LogP contribution in [-0.4, -0.2) is 254 Å². The number of carboxylic acids is 2. The largest absolute Gasteiger partial charge is 0.508 e. The quantitative estimate of drug-likeness (QED) is 0.0261. The molecule has 2 aliphatic carbocycles. The first-order valence-electron chi connectivity index (χ1n) is 44.2. The number of aliphatic carboxylic acids is 2. The number of phenols is 2. The molecule has 1 aliphatic heterocycles. The Kier molecular flexibility index (Phi) is 41.9. The lowest BCUT2D eigenvalue weighted by molar-refractivity contribution is -0.149. The van der Waals surface area contributed by atoms with Crippen molar-refractivity contribution in [3.8, 4) is 11.5 Å². The molecule has 131 heavy (non-hydrogen) atoms. The summed E-state index contributed by atoms with van der Waals surface area (Å²) in [6.45, 7) is 3.61. The molecule has 3 aliphatic rings. The second-order valence-electron chi connectivity index (χ2n) is 34.1. The lowest BCUT2D eigenvalue weighted by atomic mass is 9.84. The smallest absolute Gasteiger partial charge is 0.312 e. The third kappa shape index (κ3) is 34.6. The Morgan fingerprint density at radius 1 is 0.534 bits per heavy atom. The predicted molar refractivity (Wildman–Crippen MR) is 481 cm³/mol. The van der Waals surface area contributed by atoms with Gasteiger partial charge in [-0.1, -0.05) is 113 Å². The maximum Gasteiger partial charge on any atom is 0.312 e. The second-order valence-corrected chi connectivity index (χ2v) is 35.2. The van der Waals surface area contributed by atoms with Crippen molar-refractivity contribution in [2.75, 3.05) is 52.3 Å². The van der Waals surface area contributed by atoms with Crippen molar-refractivity contribution in [1.29, 1.82) is 0 Å². The van der Waals surface area contributed by atoms with Gasteiger partial charge in [-0.3, -0.25) is 76.7 Å². The topological polar surface area (TPSA) is 591 Å². The van der Waals surface area contributed by atoms with Gasteiger partial charge in [-0.05, 0) is 173 Å². The molecule has 38 nitrogen and oxygen atoms in total. The monoisotopic (exact) mass is 1840 g/mol. The third-order valence-electron chi connectivity index (χ3n) is 23.4. The highest BCUT2D eigenvalue weighted by Crippen LogP contribution is 2.32. The fourth-order valence-corrected chi connectivity index (χ4v) is 16.8. The number of hydrogen-bond acceptors (Lipinski definition) is 21. The molecule has 21 N–H and O–H groups in total. The average molecular weight is 1850 g/mol. The molecule has 714 valence electrons. The second kappa shape index (κ2) is 52.2. The van der Waals surface area contributed by atoms with Crippen LogP contribution in [0.25, 0.3) is 0 Å². The number of primary amides is 2. The summed E-state index contributed by atoms with van der Waals surface area (Å²) < 4.78 is 14.6. The van der Waals surface area contributed by atoms with Crippen LogP contribution in [0.1, 0.15) is 171 Å². The first-order valence-corrected chi connectivity index (χ1v) is 45.3. The number of nitrogens with zero attached hydrogens (tertiary/aromatic N) is 3. The van der Waals surface area contributed by atoms with Gasteiger partial charge < -0.3 is 111 Å². The third-order valence-corrected chi connectivity index (χ3v) is 24.4. The Morgan fingerprint density at radius 2 is 1.03 bits per heavy atom. The van der Waals surface area contributed by atoms with Crippen LogP contribution in [-0.2, 0) is 109 Å². The highest BCUT2D eigenvalue weighted by molar-refractivity contribution is 8.00. The van der Waals surface area contributed by atoms with Gasteiger partial charge in [0.25, 0.3) is 0 Å². The Balaban J connectivity index is 1.36. The van der Waals surface area contributed by atoms with E-state index >= 15 is 47.9 Å². The average Bonchev–Trinajstić information content (AvgIpc) is 1.74. The number of likely N-dealkylation sites (N-methyl/N-ethyl adjacent to an activating group) is 3. The Hall–Kier alpha value is -12.7. The van der Waals surface area contributed by atoms with Gasteiger partial charge in [0.15, 0.2) is 0 Å². The van der Waals surface area contributed by atoms with Crippen molar-refractivity contribution in [2.45, 2.75) is 241 Å². The molecule has 10 atom stereocenters. The van der Waals surface area contributed by atoms with Crippen LogP contribution in [0.5, 0.6) is 11.5 Å². The van der Waals surface area contributed by atoms with Crippen molar-refractivity contribution in [3.05, 3.63) is 142 Å². The lowest BCUT2D eigenvalue weighted by Crippen LogP contribution is -2.63. The number of aromatic hydroxyl groups is 2. The number of halogens is 1. The lowest BCUT2D eigenvalue weighted by Gasteiger charge is -2.36. The molecule has 0 spiro atoms. The molecular formula is C91H126FN17O21S. The van der Waals surface area contributed by atoms with E-state index in [-0.39, 0.29) is 106 Å². The molecule has 0 bridgehead atoms.